The fourth-order valence-electron chi connectivity index (χ4n) is 1.25. The van der Waals surface area contributed by atoms with Gasteiger partial charge in [0.25, 0.3) is 0 Å². The molecule has 0 spiro atoms. The fraction of sp³-hybridized carbons (Fsp3) is 0.333. The highest BCUT2D eigenvalue weighted by molar-refractivity contribution is 5.85. The van der Waals surface area contributed by atoms with Crippen LogP contribution in [0.15, 0.2) is 30.3 Å². The van der Waals surface area contributed by atoms with Gasteiger partial charge in [-0.15, -0.1) is 12.4 Å². The third-order valence-electron chi connectivity index (χ3n) is 2.05. The average Bonchev–Trinajstić information content (AvgIpc) is 1.86. The van der Waals surface area contributed by atoms with Gasteiger partial charge in [0.15, 0.2) is 0 Å². The van der Waals surface area contributed by atoms with E-state index in [1.54, 1.807) is 0 Å². The summed E-state index contributed by atoms with van der Waals surface area (Å²) in [5.74, 6) is 0.779. The lowest BCUT2D eigenvalue weighted by atomic mass is 9.94. The molecule has 0 aromatic heterocycles. The molecule has 1 aliphatic heterocycles. The first-order valence-electron chi connectivity index (χ1n) is 3.72. The molecular formula is C9H12ClN. The third kappa shape index (κ3) is 1.73. The van der Waals surface area contributed by atoms with Crippen LogP contribution in [0.2, 0.25) is 0 Å². The predicted molar refractivity (Wildman–Crippen MR) is 49.3 cm³/mol. The summed E-state index contributed by atoms with van der Waals surface area (Å²) in [5, 5.41) is 3.26. The van der Waals surface area contributed by atoms with Crippen molar-refractivity contribution in [2.24, 2.45) is 0 Å². The summed E-state index contributed by atoms with van der Waals surface area (Å²) in [4.78, 5) is 0. The summed E-state index contributed by atoms with van der Waals surface area (Å²) in [7, 11) is 0. The van der Waals surface area contributed by atoms with Gasteiger partial charge >= 0.3 is 0 Å². The van der Waals surface area contributed by atoms with E-state index in [4.69, 9.17) is 0 Å². The van der Waals surface area contributed by atoms with Crippen LogP contribution in [0.5, 0.6) is 0 Å². The number of halogens is 1. The van der Waals surface area contributed by atoms with Crippen LogP contribution in [0.3, 0.4) is 0 Å². The van der Waals surface area contributed by atoms with Crippen LogP contribution < -0.4 is 5.32 Å². The monoisotopic (exact) mass is 169 g/mol. The quantitative estimate of drug-likeness (QED) is 0.676. The molecule has 1 fully saturated rings. The minimum Gasteiger partial charge on any atom is -0.315 e. The average molecular weight is 170 g/mol. The zero-order valence-corrected chi connectivity index (χ0v) is 7.10. The zero-order chi connectivity index (χ0) is 6.81. The van der Waals surface area contributed by atoms with Crippen molar-refractivity contribution >= 4 is 12.4 Å². The molecule has 1 aromatic carbocycles. The maximum Gasteiger partial charge on any atom is 0.00885 e. The van der Waals surface area contributed by atoms with Crippen molar-refractivity contribution in [3.05, 3.63) is 35.9 Å². The maximum absolute atomic E-state index is 3.26. The van der Waals surface area contributed by atoms with E-state index in [-0.39, 0.29) is 12.4 Å². The van der Waals surface area contributed by atoms with Crippen molar-refractivity contribution in [2.45, 2.75) is 5.92 Å². The molecule has 1 aromatic rings. The Morgan fingerprint density at radius 2 is 1.73 bits per heavy atom. The van der Waals surface area contributed by atoms with Gasteiger partial charge in [-0.25, -0.2) is 0 Å². The van der Waals surface area contributed by atoms with Gasteiger partial charge in [0, 0.05) is 19.0 Å². The van der Waals surface area contributed by atoms with E-state index in [0.29, 0.717) is 0 Å². The summed E-state index contributed by atoms with van der Waals surface area (Å²) in [6.45, 7) is 2.31. The summed E-state index contributed by atoms with van der Waals surface area (Å²) in [6.07, 6.45) is 0. The van der Waals surface area contributed by atoms with E-state index >= 15 is 0 Å². The molecule has 1 saturated heterocycles. The molecule has 0 aliphatic carbocycles. The molecule has 60 valence electrons. The minimum absolute atomic E-state index is 0. The van der Waals surface area contributed by atoms with Crippen LogP contribution in [0.1, 0.15) is 11.5 Å². The highest BCUT2D eigenvalue weighted by atomic mass is 35.5. The van der Waals surface area contributed by atoms with E-state index in [1.165, 1.54) is 5.56 Å². The lowest BCUT2D eigenvalue weighted by Gasteiger charge is -2.27. The number of hydrogen-bond donors (Lipinski definition) is 1. The number of rotatable bonds is 1. The van der Waals surface area contributed by atoms with Crippen LogP contribution in [0, 0.1) is 0 Å². The van der Waals surface area contributed by atoms with Gasteiger partial charge in [-0.05, 0) is 5.56 Å². The predicted octanol–water partition coefficient (Wildman–Crippen LogP) is 1.80. The number of benzene rings is 1. The van der Waals surface area contributed by atoms with Crippen molar-refractivity contribution in [3.8, 4) is 0 Å². The Bertz CT molecular complexity index is 206. The molecule has 0 radical (unpaired) electrons. The molecule has 1 heterocycles. The molecule has 0 atom stereocenters. The summed E-state index contributed by atoms with van der Waals surface area (Å²) >= 11 is 0. The van der Waals surface area contributed by atoms with Crippen molar-refractivity contribution < 1.29 is 0 Å². The highest BCUT2D eigenvalue weighted by Crippen LogP contribution is 2.18. The van der Waals surface area contributed by atoms with E-state index in [0.717, 1.165) is 19.0 Å². The van der Waals surface area contributed by atoms with E-state index in [9.17, 15) is 0 Å². The Labute approximate surface area is 73.2 Å². The molecule has 0 bridgehead atoms. The second kappa shape index (κ2) is 3.74. The molecule has 0 amide bonds. The van der Waals surface area contributed by atoms with Crippen molar-refractivity contribution in [2.75, 3.05) is 13.1 Å². The summed E-state index contributed by atoms with van der Waals surface area (Å²) in [5.41, 5.74) is 1.47. The molecule has 0 unspecified atom stereocenters. The van der Waals surface area contributed by atoms with E-state index in [1.807, 2.05) is 0 Å². The Kier molecular flexibility index (Phi) is 2.92. The molecule has 1 aliphatic rings. The highest BCUT2D eigenvalue weighted by Gasteiger charge is 2.17. The molecule has 0 saturated carbocycles. The van der Waals surface area contributed by atoms with Crippen LogP contribution in [0.25, 0.3) is 0 Å². The minimum atomic E-state index is 0. The second-order valence-corrected chi connectivity index (χ2v) is 2.77. The molecule has 1 N–H and O–H groups in total. The normalized spacial score (nSPS) is 16.7. The van der Waals surface area contributed by atoms with Crippen LogP contribution >= 0.6 is 12.4 Å². The van der Waals surface area contributed by atoms with Gasteiger partial charge in [-0.2, -0.15) is 0 Å². The lowest BCUT2D eigenvalue weighted by molar-refractivity contribution is 0.448. The molecule has 2 rings (SSSR count). The van der Waals surface area contributed by atoms with Gasteiger partial charge in [-0.3, -0.25) is 0 Å². The van der Waals surface area contributed by atoms with Crippen LogP contribution in [-0.2, 0) is 0 Å². The van der Waals surface area contributed by atoms with E-state index in [2.05, 4.69) is 35.6 Å². The first-order valence-corrected chi connectivity index (χ1v) is 3.72. The first kappa shape index (κ1) is 8.57. The first-order chi connectivity index (χ1) is 4.97. The Balaban J connectivity index is 0.000000605. The smallest absolute Gasteiger partial charge is 0.00885 e. The number of hydrogen-bond acceptors (Lipinski definition) is 1. The van der Waals surface area contributed by atoms with Gasteiger partial charge < -0.3 is 5.32 Å². The van der Waals surface area contributed by atoms with Gasteiger partial charge in [0.2, 0.25) is 0 Å². The van der Waals surface area contributed by atoms with Crippen molar-refractivity contribution in [1.82, 2.24) is 5.32 Å². The molecule has 1 nitrogen and oxygen atoms in total. The van der Waals surface area contributed by atoms with Crippen molar-refractivity contribution in [1.29, 1.82) is 0 Å². The van der Waals surface area contributed by atoms with Crippen molar-refractivity contribution in [3.63, 3.8) is 0 Å². The largest absolute Gasteiger partial charge is 0.315 e. The summed E-state index contributed by atoms with van der Waals surface area (Å²) < 4.78 is 0. The van der Waals surface area contributed by atoms with E-state index < -0.39 is 0 Å². The SMILES string of the molecule is Cl.c1ccc(C2CNC2)cc1. The van der Waals surface area contributed by atoms with Gasteiger partial charge in [0.05, 0.1) is 0 Å². The standard InChI is InChI=1S/C9H11N.ClH/c1-2-4-8(5-3-1)9-6-10-7-9;/h1-5,9-10H,6-7H2;1H. The van der Waals surface area contributed by atoms with Gasteiger partial charge in [-0.1, -0.05) is 30.3 Å². The maximum atomic E-state index is 3.26. The molecule has 2 heteroatoms. The summed E-state index contributed by atoms with van der Waals surface area (Å²) in [6, 6.07) is 10.7. The third-order valence-corrected chi connectivity index (χ3v) is 2.05. The second-order valence-electron chi connectivity index (χ2n) is 2.77. The topological polar surface area (TPSA) is 12.0 Å². The molecular weight excluding hydrogens is 158 g/mol. The Hall–Kier alpha value is -0.530. The Morgan fingerprint density at radius 3 is 2.18 bits per heavy atom. The lowest BCUT2D eigenvalue weighted by Crippen LogP contribution is -2.39. The van der Waals surface area contributed by atoms with Crippen LogP contribution in [0.4, 0.5) is 0 Å². The van der Waals surface area contributed by atoms with Crippen LogP contribution in [-0.4, -0.2) is 13.1 Å². The number of nitrogens with one attached hydrogen (secondary N) is 1. The Morgan fingerprint density at radius 1 is 1.09 bits per heavy atom. The molecule has 11 heavy (non-hydrogen) atoms. The zero-order valence-electron chi connectivity index (χ0n) is 6.29. The fourth-order valence-corrected chi connectivity index (χ4v) is 1.25. The van der Waals surface area contributed by atoms with Gasteiger partial charge in [0.1, 0.15) is 0 Å².